The fraction of sp³-hybridized carbons (Fsp3) is 0.579. The van der Waals surface area contributed by atoms with Crippen molar-refractivity contribution in [3.63, 3.8) is 0 Å². The number of piperazine rings is 1. The van der Waals surface area contributed by atoms with Crippen LogP contribution in [0.15, 0.2) is 24.3 Å². The van der Waals surface area contributed by atoms with Crippen LogP contribution in [-0.2, 0) is 4.79 Å². The molecule has 2 aliphatic rings. The van der Waals surface area contributed by atoms with E-state index in [9.17, 15) is 9.59 Å². The first-order chi connectivity index (χ1) is 12.2. The number of ether oxygens (including phenoxy) is 1. The van der Waals surface area contributed by atoms with Gasteiger partial charge in [-0.25, -0.2) is 0 Å². The molecule has 1 N–H and O–H groups in total. The third kappa shape index (κ3) is 4.31. The Morgan fingerprint density at radius 3 is 3.04 bits per heavy atom. The zero-order chi connectivity index (χ0) is 17.6. The minimum atomic E-state index is 0.0224. The molecule has 0 spiro atoms. The van der Waals surface area contributed by atoms with Crippen molar-refractivity contribution in [3.8, 4) is 5.75 Å². The first-order valence-corrected chi connectivity index (χ1v) is 9.21. The molecular weight excluding hydrogens is 318 g/mol. The smallest absolute Gasteiger partial charge is 0.254 e. The molecule has 0 radical (unpaired) electrons. The zero-order valence-corrected chi connectivity index (χ0v) is 14.9. The van der Waals surface area contributed by atoms with E-state index < -0.39 is 0 Å². The molecule has 0 aromatic heterocycles. The van der Waals surface area contributed by atoms with Crippen molar-refractivity contribution in [1.82, 2.24) is 15.1 Å². The number of carbonyl (C=O) groups is 2. The monoisotopic (exact) mass is 345 g/mol. The summed E-state index contributed by atoms with van der Waals surface area (Å²) in [6.45, 7) is 6.02. The van der Waals surface area contributed by atoms with E-state index in [4.69, 9.17) is 4.74 Å². The maximum Gasteiger partial charge on any atom is 0.254 e. The van der Waals surface area contributed by atoms with Crippen LogP contribution in [0.1, 0.15) is 36.5 Å². The predicted molar refractivity (Wildman–Crippen MR) is 95.7 cm³/mol. The highest BCUT2D eigenvalue weighted by Gasteiger charge is 2.31. The van der Waals surface area contributed by atoms with Crippen molar-refractivity contribution in [3.05, 3.63) is 29.8 Å². The summed E-state index contributed by atoms with van der Waals surface area (Å²) in [5.74, 6) is 0.897. The Morgan fingerprint density at radius 1 is 1.36 bits per heavy atom. The number of hydrogen-bond donors (Lipinski definition) is 1. The Morgan fingerprint density at radius 2 is 2.24 bits per heavy atom. The summed E-state index contributed by atoms with van der Waals surface area (Å²) in [5, 5.41) is 3.10. The number of rotatable bonds is 5. The molecule has 0 bridgehead atoms. The largest absolute Gasteiger partial charge is 0.494 e. The van der Waals surface area contributed by atoms with Crippen LogP contribution < -0.4 is 10.1 Å². The molecule has 1 aromatic rings. The normalized spacial score (nSPS) is 21.3. The number of nitrogens with zero attached hydrogens (tertiary/aromatic N) is 2. The number of piperidine rings is 1. The maximum atomic E-state index is 12.9. The van der Waals surface area contributed by atoms with Crippen molar-refractivity contribution < 1.29 is 14.3 Å². The van der Waals surface area contributed by atoms with Gasteiger partial charge in [0.25, 0.3) is 5.91 Å². The Bertz CT molecular complexity index is 620. The van der Waals surface area contributed by atoms with Crippen LogP contribution in [-0.4, -0.2) is 67.0 Å². The predicted octanol–water partition coefficient (Wildman–Crippen LogP) is 1.51. The zero-order valence-electron chi connectivity index (χ0n) is 14.9. The lowest BCUT2D eigenvalue weighted by Gasteiger charge is -2.41. The summed E-state index contributed by atoms with van der Waals surface area (Å²) >= 11 is 0. The van der Waals surface area contributed by atoms with Gasteiger partial charge in [-0.1, -0.05) is 13.0 Å². The second kappa shape index (κ2) is 8.34. The Labute approximate surface area is 149 Å². The van der Waals surface area contributed by atoms with Crippen LogP contribution in [0.5, 0.6) is 5.75 Å². The summed E-state index contributed by atoms with van der Waals surface area (Å²) in [6.07, 6.45) is 2.83. The lowest BCUT2D eigenvalue weighted by atomic mass is 10.0. The standard InChI is InChI=1S/C19H27N3O3/c1-2-11-25-17-7-3-5-15(12-17)19(24)21-9-4-6-16(14-21)22-10-8-20-13-18(22)23/h3,5,7,12,16,20H,2,4,6,8-11,13-14H2,1H3. The third-order valence-corrected chi connectivity index (χ3v) is 4.80. The van der Waals surface area contributed by atoms with E-state index >= 15 is 0 Å². The van der Waals surface area contributed by atoms with Crippen LogP contribution in [0.2, 0.25) is 0 Å². The van der Waals surface area contributed by atoms with E-state index in [0.717, 1.165) is 44.6 Å². The first kappa shape index (κ1) is 17.7. The second-order valence-electron chi connectivity index (χ2n) is 6.69. The molecule has 3 rings (SSSR count). The van der Waals surface area contributed by atoms with Crippen molar-refractivity contribution in [2.45, 2.75) is 32.2 Å². The van der Waals surface area contributed by atoms with E-state index in [0.29, 0.717) is 25.3 Å². The van der Waals surface area contributed by atoms with Gasteiger partial charge in [-0.3, -0.25) is 9.59 Å². The second-order valence-corrected chi connectivity index (χ2v) is 6.69. The SMILES string of the molecule is CCCOc1cccc(C(=O)N2CCCC(N3CCNCC3=O)C2)c1. The lowest BCUT2D eigenvalue weighted by molar-refractivity contribution is -0.135. The summed E-state index contributed by atoms with van der Waals surface area (Å²) in [4.78, 5) is 28.8. The van der Waals surface area contributed by atoms with Gasteiger partial charge >= 0.3 is 0 Å². The number of nitrogens with one attached hydrogen (secondary N) is 1. The highest BCUT2D eigenvalue weighted by atomic mass is 16.5. The molecule has 2 fully saturated rings. The van der Waals surface area contributed by atoms with Crippen molar-refractivity contribution in [2.75, 3.05) is 39.3 Å². The topological polar surface area (TPSA) is 61.9 Å². The Kier molecular flexibility index (Phi) is 5.91. The Balaban J connectivity index is 1.66. The van der Waals surface area contributed by atoms with Gasteiger partial charge in [0, 0.05) is 37.8 Å². The molecule has 2 aliphatic heterocycles. The molecule has 136 valence electrons. The van der Waals surface area contributed by atoms with E-state index in [1.165, 1.54) is 0 Å². The van der Waals surface area contributed by atoms with Gasteiger partial charge in [-0.2, -0.15) is 0 Å². The summed E-state index contributed by atoms with van der Waals surface area (Å²) in [5.41, 5.74) is 0.654. The highest BCUT2D eigenvalue weighted by molar-refractivity contribution is 5.94. The molecule has 2 heterocycles. The molecule has 2 saturated heterocycles. The van der Waals surface area contributed by atoms with Crippen LogP contribution >= 0.6 is 0 Å². The number of carbonyl (C=O) groups excluding carboxylic acids is 2. The van der Waals surface area contributed by atoms with Crippen molar-refractivity contribution in [2.24, 2.45) is 0 Å². The molecule has 0 aliphatic carbocycles. The van der Waals surface area contributed by atoms with Gasteiger partial charge in [-0.05, 0) is 37.5 Å². The molecule has 1 unspecified atom stereocenters. The van der Waals surface area contributed by atoms with Crippen LogP contribution in [0.3, 0.4) is 0 Å². The lowest BCUT2D eigenvalue weighted by Crippen LogP contribution is -2.57. The van der Waals surface area contributed by atoms with Crippen molar-refractivity contribution >= 4 is 11.8 Å². The van der Waals surface area contributed by atoms with E-state index in [2.05, 4.69) is 12.2 Å². The molecule has 2 amide bonds. The fourth-order valence-electron chi connectivity index (χ4n) is 3.52. The van der Waals surface area contributed by atoms with Gasteiger partial charge in [-0.15, -0.1) is 0 Å². The molecule has 1 aromatic carbocycles. The van der Waals surface area contributed by atoms with Gasteiger partial charge in [0.1, 0.15) is 5.75 Å². The number of amides is 2. The Hall–Kier alpha value is -2.08. The summed E-state index contributed by atoms with van der Waals surface area (Å²) in [6, 6.07) is 7.52. The first-order valence-electron chi connectivity index (χ1n) is 9.21. The quantitative estimate of drug-likeness (QED) is 0.879. The molecule has 0 saturated carbocycles. The summed E-state index contributed by atoms with van der Waals surface area (Å²) < 4.78 is 5.63. The average molecular weight is 345 g/mol. The van der Waals surface area contributed by atoms with Gasteiger partial charge in [0.05, 0.1) is 13.2 Å². The summed E-state index contributed by atoms with van der Waals surface area (Å²) in [7, 11) is 0. The molecule has 6 heteroatoms. The van der Waals surface area contributed by atoms with E-state index in [-0.39, 0.29) is 17.9 Å². The van der Waals surface area contributed by atoms with E-state index in [1.54, 1.807) is 0 Å². The average Bonchev–Trinajstić information content (AvgIpc) is 2.66. The van der Waals surface area contributed by atoms with Crippen LogP contribution in [0.4, 0.5) is 0 Å². The van der Waals surface area contributed by atoms with E-state index in [1.807, 2.05) is 34.1 Å². The van der Waals surface area contributed by atoms with Gasteiger partial charge in [0.2, 0.25) is 5.91 Å². The minimum absolute atomic E-state index is 0.0224. The minimum Gasteiger partial charge on any atom is -0.494 e. The third-order valence-electron chi connectivity index (χ3n) is 4.80. The highest BCUT2D eigenvalue weighted by Crippen LogP contribution is 2.21. The molecule has 6 nitrogen and oxygen atoms in total. The fourth-order valence-corrected chi connectivity index (χ4v) is 3.52. The van der Waals surface area contributed by atoms with Gasteiger partial charge < -0.3 is 19.9 Å². The number of benzene rings is 1. The maximum absolute atomic E-state index is 12.9. The molecule has 25 heavy (non-hydrogen) atoms. The van der Waals surface area contributed by atoms with Crippen LogP contribution in [0, 0.1) is 0 Å². The molecular formula is C19H27N3O3. The number of hydrogen-bond acceptors (Lipinski definition) is 4. The van der Waals surface area contributed by atoms with Crippen LogP contribution in [0.25, 0.3) is 0 Å². The van der Waals surface area contributed by atoms with Gasteiger partial charge in [0.15, 0.2) is 0 Å². The molecule has 1 atom stereocenters. The number of likely N-dealkylation sites (tertiary alicyclic amines) is 1. The van der Waals surface area contributed by atoms with Crippen molar-refractivity contribution in [1.29, 1.82) is 0 Å².